The number of carbonyl (C=O) groups is 3. The Kier molecular flexibility index (Phi) is 4.72. The highest BCUT2D eigenvalue weighted by Gasteiger charge is 2.79. The molecule has 2 aliphatic carbocycles. The monoisotopic (exact) mass is 497 g/mol. The zero-order valence-corrected chi connectivity index (χ0v) is 21.3. The number of carbonyl (C=O) groups excluding carboxylic acids is 3. The molecule has 4 aromatic carbocycles. The molecule has 1 saturated carbocycles. The lowest BCUT2D eigenvalue weighted by molar-refractivity contribution is -0.134. The lowest BCUT2D eigenvalue weighted by Gasteiger charge is -2.37. The van der Waals surface area contributed by atoms with Crippen LogP contribution >= 0.6 is 0 Å². The minimum Gasteiger partial charge on any atom is -0.298 e. The first kappa shape index (κ1) is 22.9. The number of rotatable bonds is 4. The molecule has 0 aromatic heterocycles. The van der Waals surface area contributed by atoms with E-state index in [-0.39, 0.29) is 17.6 Å². The molecule has 186 valence electrons. The predicted octanol–water partition coefficient (Wildman–Crippen LogP) is 6.56. The van der Waals surface area contributed by atoms with Crippen LogP contribution in [0.1, 0.15) is 31.4 Å². The second-order valence-electron chi connectivity index (χ2n) is 10.8. The van der Waals surface area contributed by atoms with Gasteiger partial charge in [0.05, 0.1) is 28.4 Å². The van der Waals surface area contributed by atoms with Crippen LogP contribution in [-0.2, 0) is 14.4 Å². The lowest BCUT2D eigenvalue weighted by Crippen LogP contribution is -2.41. The molecule has 4 nitrogen and oxygen atoms in total. The normalized spacial score (nSPS) is 28.1. The van der Waals surface area contributed by atoms with E-state index in [2.05, 4.69) is 0 Å². The van der Waals surface area contributed by atoms with Crippen LogP contribution < -0.4 is 4.90 Å². The van der Waals surface area contributed by atoms with Crippen molar-refractivity contribution in [1.82, 2.24) is 0 Å². The van der Waals surface area contributed by atoms with Crippen LogP contribution in [0.4, 0.5) is 5.69 Å². The number of nitrogens with zero attached hydrogens (tertiary/aromatic N) is 1. The molecule has 4 aromatic rings. The first-order valence-electron chi connectivity index (χ1n) is 13.2. The number of anilines is 1. The van der Waals surface area contributed by atoms with Gasteiger partial charge in [-0.05, 0) is 58.5 Å². The molecule has 4 atom stereocenters. The summed E-state index contributed by atoms with van der Waals surface area (Å²) in [4.78, 5) is 44.5. The summed E-state index contributed by atoms with van der Waals surface area (Å²) in [6.45, 7) is 3.88. The van der Waals surface area contributed by atoms with Crippen molar-refractivity contribution in [3.63, 3.8) is 0 Å². The SMILES string of the molecule is CC[C@@]12C(=O)[C@@](C)(C(c3ccccc3)=C1c1ccccc1)[C@@H]1C(=O)N(c3ccc4ccccc4c3)C(=O)[C@@H]12. The van der Waals surface area contributed by atoms with E-state index in [1.165, 1.54) is 4.90 Å². The van der Waals surface area contributed by atoms with Crippen LogP contribution in [0.25, 0.3) is 21.9 Å². The Bertz CT molecular complexity index is 1690. The molecule has 0 N–H and O–H groups in total. The third-order valence-corrected chi connectivity index (χ3v) is 9.23. The van der Waals surface area contributed by atoms with Gasteiger partial charge in [-0.1, -0.05) is 97.9 Å². The van der Waals surface area contributed by atoms with Crippen LogP contribution in [-0.4, -0.2) is 17.6 Å². The van der Waals surface area contributed by atoms with Crippen molar-refractivity contribution in [1.29, 1.82) is 0 Å². The highest BCUT2D eigenvalue weighted by molar-refractivity contribution is 6.34. The van der Waals surface area contributed by atoms with Crippen LogP contribution in [0.3, 0.4) is 0 Å². The number of benzene rings is 4. The average Bonchev–Trinajstić information content (AvgIpc) is 3.43. The molecule has 1 aliphatic heterocycles. The Morgan fingerprint density at radius 2 is 1.21 bits per heavy atom. The van der Waals surface area contributed by atoms with Crippen molar-refractivity contribution < 1.29 is 14.4 Å². The van der Waals surface area contributed by atoms with E-state index in [9.17, 15) is 14.4 Å². The molecule has 1 heterocycles. The zero-order chi connectivity index (χ0) is 26.2. The van der Waals surface area contributed by atoms with E-state index >= 15 is 0 Å². The Morgan fingerprint density at radius 3 is 1.84 bits per heavy atom. The summed E-state index contributed by atoms with van der Waals surface area (Å²) in [7, 11) is 0. The Morgan fingerprint density at radius 1 is 0.658 bits per heavy atom. The van der Waals surface area contributed by atoms with Gasteiger partial charge in [0.15, 0.2) is 5.78 Å². The maximum atomic E-state index is 14.6. The Balaban J connectivity index is 1.48. The van der Waals surface area contributed by atoms with Gasteiger partial charge >= 0.3 is 0 Å². The van der Waals surface area contributed by atoms with Crippen molar-refractivity contribution in [2.75, 3.05) is 4.90 Å². The zero-order valence-electron chi connectivity index (χ0n) is 21.3. The van der Waals surface area contributed by atoms with Crippen molar-refractivity contribution in [2.45, 2.75) is 20.3 Å². The Hall–Kier alpha value is -4.31. The maximum Gasteiger partial charge on any atom is 0.239 e. The molecule has 7 rings (SSSR count). The highest BCUT2D eigenvalue weighted by atomic mass is 16.2. The predicted molar refractivity (Wildman–Crippen MR) is 149 cm³/mol. The Labute approximate surface area is 221 Å². The summed E-state index contributed by atoms with van der Waals surface area (Å²) < 4.78 is 0. The minimum atomic E-state index is -1.11. The van der Waals surface area contributed by atoms with Crippen LogP contribution in [0.15, 0.2) is 103 Å². The van der Waals surface area contributed by atoms with Crippen molar-refractivity contribution >= 4 is 45.2 Å². The number of Topliss-reactive ketones (excluding diaryl/α,β-unsaturated/α-hetero) is 1. The molecule has 0 spiro atoms. The molecular weight excluding hydrogens is 470 g/mol. The van der Waals surface area contributed by atoms with Gasteiger partial charge in [0.2, 0.25) is 11.8 Å². The van der Waals surface area contributed by atoms with Gasteiger partial charge < -0.3 is 0 Å². The second-order valence-corrected chi connectivity index (χ2v) is 10.8. The number of imide groups is 1. The molecular formula is C34H27NO3. The quantitative estimate of drug-likeness (QED) is 0.300. The topological polar surface area (TPSA) is 54.5 Å². The molecule has 0 radical (unpaired) electrons. The van der Waals surface area contributed by atoms with Gasteiger partial charge in [0.25, 0.3) is 0 Å². The van der Waals surface area contributed by atoms with E-state index in [1.807, 2.05) is 117 Å². The second kappa shape index (κ2) is 7.84. The number of hydrogen-bond donors (Lipinski definition) is 0. The fourth-order valence-electron chi connectivity index (χ4n) is 7.70. The first-order chi connectivity index (χ1) is 18.4. The molecule has 2 amide bonds. The van der Waals surface area contributed by atoms with Gasteiger partial charge in [0.1, 0.15) is 0 Å². The summed E-state index contributed by atoms with van der Waals surface area (Å²) in [5.74, 6) is -2.01. The number of fused-ring (bicyclic) bond motifs is 6. The van der Waals surface area contributed by atoms with Crippen molar-refractivity contribution in [3.8, 4) is 0 Å². The molecule has 4 heteroatoms. The largest absolute Gasteiger partial charge is 0.298 e. The minimum absolute atomic E-state index is 0.0000626. The number of hydrogen-bond acceptors (Lipinski definition) is 3. The van der Waals surface area contributed by atoms with E-state index in [4.69, 9.17) is 0 Å². The number of amides is 2. The summed E-state index contributed by atoms with van der Waals surface area (Å²) >= 11 is 0. The molecule has 0 unspecified atom stereocenters. The third-order valence-electron chi connectivity index (χ3n) is 9.23. The first-order valence-corrected chi connectivity index (χ1v) is 13.2. The van der Waals surface area contributed by atoms with Crippen LogP contribution in [0.5, 0.6) is 0 Å². The lowest BCUT2D eigenvalue weighted by atomic mass is 9.62. The maximum absolute atomic E-state index is 14.6. The van der Waals surface area contributed by atoms with Gasteiger partial charge in [-0.3, -0.25) is 14.4 Å². The van der Waals surface area contributed by atoms with Crippen molar-refractivity contribution in [3.05, 3.63) is 114 Å². The molecule has 1 saturated heterocycles. The van der Waals surface area contributed by atoms with Crippen LogP contribution in [0.2, 0.25) is 0 Å². The van der Waals surface area contributed by atoms with E-state index in [1.54, 1.807) is 0 Å². The van der Waals surface area contributed by atoms with E-state index in [0.717, 1.165) is 33.0 Å². The highest BCUT2D eigenvalue weighted by Crippen LogP contribution is 2.74. The summed E-state index contributed by atoms with van der Waals surface area (Å²) in [5.41, 5.74) is 2.06. The smallest absolute Gasteiger partial charge is 0.239 e. The molecule has 2 bridgehead atoms. The average molecular weight is 498 g/mol. The third kappa shape index (κ3) is 2.62. The number of allylic oxidation sites excluding steroid dienone is 2. The van der Waals surface area contributed by atoms with Gasteiger partial charge in [-0.2, -0.15) is 0 Å². The van der Waals surface area contributed by atoms with Crippen molar-refractivity contribution in [2.24, 2.45) is 22.7 Å². The summed E-state index contributed by atoms with van der Waals surface area (Å²) in [5, 5.41) is 2.01. The summed E-state index contributed by atoms with van der Waals surface area (Å²) in [6, 6.07) is 33.4. The van der Waals surface area contributed by atoms with Gasteiger partial charge in [-0.25, -0.2) is 4.90 Å². The van der Waals surface area contributed by atoms with Gasteiger partial charge in [0, 0.05) is 0 Å². The van der Waals surface area contributed by atoms with Crippen LogP contribution in [0, 0.1) is 22.7 Å². The molecule has 3 aliphatic rings. The fraction of sp³-hybridized carbons (Fsp3) is 0.206. The molecule has 2 fully saturated rings. The van der Waals surface area contributed by atoms with E-state index < -0.39 is 22.7 Å². The fourth-order valence-corrected chi connectivity index (χ4v) is 7.70. The standard InChI is InChI=1S/C34H27NO3/c1-3-34-27(23-15-8-5-9-16-23)26(22-13-6-4-7-14-22)33(2,32(34)38)28-29(34)31(37)35(30(28)36)25-19-18-21-12-10-11-17-24(21)20-25/h4-20,28-29H,3H2,1-2H3/t28-,29+,33-,34+/m0/s1. The molecule has 38 heavy (non-hydrogen) atoms. The van der Waals surface area contributed by atoms with Gasteiger partial charge in [-0.15, -0.1) is 0 Å². The summed E-state index contributed by atoms with van der Waals surface area (Å²) in [6.07, 6.45) is 0.452. The number of ketones is 1. The van der Waals surface area contributed by atoms with E-state index in [0.29, 0.717) is 12.1 Å².